The molecule has 4 atom stereocenters. The van der Waals surface area contributed by atoms with Crippen LogP contribution in [0.15, 0.2) is 12.2 Å². The van der Waals surface area contributed by atoms with E-state index in [1.54, 1.807) is 0 Å². The molecule has 0 aromatic rings. The van der Waals surface area contributed by atoms with E-state index in [2.05, 4.69) is 4.74 Å². The molecule has 0 aromatic heterocycles. The van der Waals surface area contributed by atoms with Crippen molar-refractivity contribution in [1.82, 2.24) is 0 Å². The molecule has 2 aliphatic heterocycles. The van der Waals surface area contributed by atoms with Crippen LogP contribution in [0, 0.1) is 5.92 Å². The number of hydrogen-bond donors (Lipinski definition) is 1. The molecule has 0 spiro atoms. The standard InChI is InChI=1S/C8H11NO3/c1-11-8(10)6-4-2-3-5(12-4)7(6)9/h2-7H,9H2,1H3/t4-,5-,6+,7+/m0/s1. The quantitative estimate of drug-likeness (QED) is 0.422. The highest BCUT2D eigenvalue weighted by Gasteiger charge is 2.48. The molecule has 0 radical (unpaired) electrons. The Morgan fingerprint density at radius 3 is 2.67 bits per heavy atom. The second-order valence-electron chi connectivity index (χ2n) is 3.08. The third-order valence-corrected chi connectivity index (χ3v) is 2.43. The maximum Gasteiger partial charge on any atom is 0.313 e. The molecule has 12 heavy (non-hydrogen) atoms. The molecule has 4 heteroatoms. The summed E-state index contributed by atoms with van der Waals surface area (Å²) in [6.07, 6.45) is 3.50. The van der Waals surface area contributed by atoms with Gasteiger partial charge >= 0.3 is 5.97 Å². The van der Waals surface area contributed by atoms with E-state index in [0.29, 0.717) is 0 Å². The largest absolute Gasteiger partial charge is 0.469 e. The van der Waals surface area contributed by atoms with Crippen molar-refractivity contribution in [3.63, 3.8) is 0 Å². The summed E-state index contributed by atoms with van der Waals surface area (Å²) >= 11 is 0. The van der Waals surface area contributed by atoms with Crippen molar-refractivity contribution in [2.45, 2.75) is 18.2 Å². The minimum Gasteiger partial charge on any atom is -0.469 e. The molecule has 0 aliphatic carbocycles. The lowest BCUT2D eigenvalue weighted by Gasteiger charge is -2.18. The Morgan fingerprint density at radius 1 is 1.50 bits per heavy atom. The summed E-state index contributed by atoms with van der Waals surface area (Å²) in [5.74, 6) is -0.593. The molecule has 2 bridgehead atoms. The SMILES string of the molecule is COC(=O)[C@H]1[C@H](N)[C@@H]2C=C[C@@H]1O2. The Labute approximate surface area is 70.3 Å². The average molecular weight is 169 g/mol. The Balaban J connectivity index is 2.18. The maximum absolute atomic E-state index is 11.2. The summed E-state index contributed by atoms with van der Waals surface area (Å²) in [6, 6.07) is -0.243. The molecule has 1 fully saturated rings. The number of fused-ring (bicyclic) bond motifs is 2. The van der Waals surface area contributed by atoms with Crippen molar-refractivity contribution in [2.24, 2.45) is 11.7 Å². The van der Waals surface area contributed by atoms with Crippen LogP contribution >= 0.6 is 0 Å². The molecule has 2 N–H and O–H groups in total. The van der Waals surface area contributed by atoms with Gasteiger partial charge in [0.1, 0.15) is 5.92 Å². The van der Waals surface area contributed by atoms with Gasteiger partial charge in [0, 0.05) is 0 Å². The van der Waals surface area contributed by atoms with Crippen LogP contribution in [0.1, 0.15) is 0 Å². The maximum atomic E-state index is 11.2. The Hall–Kier alpha value is -0.870. The molecular formula is C8H11NO3. The number of carbonyl (C=O) groups excluding carboxylic acids is 1. The molecule has 0 aromatic carbocycles. The molecule has 1 saturated heterocycles. The van der Waals surface area contributed by atoms with Gasteiger partial charge in [0.15, 0.2) is 0 Å². The smallest absolute Gasteiger partial charge is 0.313 e. The average Bonchev–Trinajstić information content (AvgIpc) is 2.63. The monoisotopic (exact) mass is 169 g/mol. The fourth-order valence-corrected chi connectivity index (χ4v) is 1.77. The number of rotatable bonds is 1. The number of esters is 1. The van der Waals surface area contributed by atoms with Crippen LogP contribution < -0.4 is 5.73 Å². The van der Waals surface area contributed by atoms with Crippen LogP contribution in [0.4, 0.5) is 0 Å². The first-order valence-electron chi connectivity index (χ1n) is 3.91. The molecule has 0 amide bonds. The van der Waals surface area contributed by atoms with Crippen molar-refractivity contribution in [3.05, 3.63) is 12.2 Å². The van der Waals surface area contributed by atoms with Crippen molar-refractivity contribution >= 4 is 5.97 Å². The highest BCUT2D eigenvalue weighted by atomic mass is 16.5. The number of carbonyl (C=O) groups is 1. The first-order valence-corrected chi connectivity index (χ1v) is 3.91. The van der Waals surface area contributed by atoms with E-state index >= 15 is 0 Å². The van der Waals surface area contributed by atoms with Crippen LogP contribution in [0.3, 0.4) is 0 Å². The summed E-state index contributed by atoms with van der Waals surface area (Å²) in [7, 11) is 1.37. The van der Waals surface area contributed by atoms with Gasteiger partial charge in [0.2, 0.25) is 0 Å². The lowest BCUT2D eigenvalue weighted by atomic mass is 9.90. The van der Waals surface area contributed by atoms with Gasteiger partial charge in [0.25, 0.3) is 0 Å². The van der Waals surface area contributed by atoms with Gasteiger partial charge in [-0.05, 0) is 0 Å². The van der Waals surface area contributed by atoms with E-state index in [4.69, 9.17) is 10.5 Å². The number of hydrogen-bond acceptors (Lipinski definition) is 4. The van der Waals surface area contributed by atoms with Gasteiger partial charge in [-0.15, -0.1) is 0 Å². The summed E-state index contributed by atoms with van der Waals surface area (Å²) in [5, 5.41) is 0. The third-order valence-electron chi connectivity index (χ3n) is 2.43. The van der Waals surface area contributed by atoms with Gasteiger partial charge in [0.05, 0.1) is 25.4 Å². The van der Waals surface area contributed by atoms with Crippen molar-refractivity contribution in [3.8, 4) is 0 Å². The van der Waals surface area contributed by atoms with Crippen LogP contribution in [-0.4, -0.2) is 31.3 Å². The highest BCUT2D eigenvalue weighted by Crippen LogP contribution is 2.33. The predicted molar refractivity (Wildman–Crippen MR) is 41.3 cm³/mol. The summed E-state index contributed by atoms with van der Waals surface area (Å²) in [6.45, 7) is 0. The summed E-state index contributed by atoms with van der Waals surface area (Å²) in [5.41, 5.74) is 5.76. The summed E-state index contributed by atoms with van der Waals surface area (Å²) in [4.78, 5) is 11.2. The van der Waals surface area contributed by atoms with Crippen LogP contribution in [0.5, 0.6) is 0 Å². The zero-order chi connectivity index (χ0) is 8.72. The zero-order valence-electron chi connectivity index (χ0n) is 6.77. The van der Waals surface area contributed by atoms with Crippen LogP contribution in [0.25, 0.3) is 0 Å². The zero-order valence-corrected chi connectivity index (χ0v) is 6.77. The number of methoxy groups -OCH3 is 1. The minimum atomic E-state index is -0.315. The molecule has 0 saturated carbocycles. The first kappa shape index (κ1) is 7.76. The second kappa shape index (κ2) is 2.57. The van der Waals surface area contributed by atoms with Crippen molar-refractivity contribution in [1.29, 1.82) is 0 Å². The third kappa shape index (κ3) is 0.884. The molecule has 2 aliphatic rings. The highest BCUT2D eigenvalue weighted by molar-refractivity contribution is 5.75. The molecule has 0 unspecified atom stereocenters. The van der Waals surface area contributed by atoms with E-state index in [0.717, 1.165) is 0 Å². The number of ether oxygens (including phenoxy) is 2. The van der Waals surface area contributed by atoms with Gasteiger partial charge < -0.3 is 15.2 Å². The van der Waals surface area contributed by atoms with Gasteiger partial charge in [-0.2, -0.15) is 0 Å². The topological polar surface area (TPSA) is 61.5 Å². The normalized spacial score (nSPS) is 43.5. The Bertz CT molecular complexity index is 238. The lowest BCUT2D eigenvalue weighted by molar-refractivity contribution is -0.146. The van der Waals surface area contributed by atoms with Crippen LogP contribution in [0.2, 0.25) is 0 Å². The van der Waals surface area contributed by atoms with E-state index in [1.807, 2.05) is 12.2 Å². The fraction of sp³-hybridized carbons (Fsp3) is 0.625. The molecule has 2 heterocycles. The molecule has 4 nitrogen and oxygen atoms in total. The van der Waals surface area contributed by atoms with Crippen LogP contribution in [-0.2, 0) is 14.3 Å². The van der Waals surface area contributed by atoms with E-state index in [1.165, 1.54) is 7.11 Å². The number of nitrogens with two attached hydrogens (primary N) is 1. The lowest BCUT2D eigenvalue weighted by Crippen LogP contribution is -2.42. The molecule has 66 valence electrons. The second-order valence-corrected chi connectivity index (χ2v) is 3.08. The Morgan fingerprint density at radius 2 is 2.17 bits per heavy atom. The Kier molecular flexibility index (Phi) is 1.66. The fourth-order valence-electron chi connectivity index (χ4n) is 1.77. The van der Waals surface area contributed by atoms with E-state index < -0.39 is 0 Å². The van der Waals surface area contributed by atoms with E-state index in [-0.39, 0.29) is 30.1 Å². The van der Waals surface area contributed by atoms with E-state index in [9.17, 15) is 4.79 Å². The summed E-state index contributed by atoms with van der Waals surface area (Å²) < 4.78 is 10.0. The minimum absolute atomic E-state index is 0.0981. The van der Waals surface area contributed by atoms with Crippen molar-refractivity contribution < 1.29 is 14.3 Å². The van der Waals surface area contributed by atoms with Gasteiger partial charge in [-0.3, -0.25) is 4.79 Å². The molecule has 2 rings (SSSR count). The van der Waals surface area contributed by atoms with Gasteiger partial charge in [-0.1, -0.05) is 12.2 Å². The molecular weight excluding hydrogens is 158 g/mol. The predicted octanol–water partition coefficient (Wildman–Crippen LogP) is -0.560. The van der Waals surface area contributed by atoms with Crippen molar-refractivity contribution in [2.75, 3.05) is 7.11 Å². The van der Waals surface area contributed by atoms with Gasteiger partial charge in [-0.25, -0.2) is 0 Å². The first-order chi connectivity index (χ1) is 5.74.